The van der Waals surface area contributed by atoms with Crippen molar-refractivity contribution >= 4 is 23.6 Å². The van der Waals surface area contributed by atoms with E-state index in [1.165, 1.54) is 6.08 Å². The van der Waals surface area contributed by atoms with E-state index in [9.17, 15) is 4.79 Å². The van der Waals surface area contributed by atoms with Crippen LogP contribution in [0.1, 0.15) is 11.1 Å². The molecule has 5 heteroatoms. The molecule has 0 saturated carbocycles. The fraction of sp³-hybridized carbons (Fsp3) is 0.0625. The van der Waals surface area contributed by atoms with Crippen LogP contribution in [0.5, 0.6) is 5.75 Å². The number of carbonyl (C=O) groups excluding carboxylic acids is 1. The SMILES string of the molecule is NNC(=O)/C=C/c1ccc(OCc2ccccc2Cl)cc1. The number of ether oxygens (including phenoxy) is 1. The zero-order valence-corrected chi connectivity index (χ0v) is 12.0. The lowest BCUT2D eigenvalue weighted by molar-refractivity contribution is -0.116. The number of rotatable bonds is 5. The third-order valence-electron chi connectivity index (χ3n) is 2.80. The summed E-state index contributed by atoms with van der Waals surface area (Å²) in [6.45, 7) is 0.407. The van der Waals surface area contributed by atoms with Crippen molar-refractivity contribution in [3.05, 3.63) is 70.8 Å². The van der Waals surface area contributed by atoms with E-state index < -0.39 is 0 Å². The van der Waals surface area contributed by atoms with Gasteiger partial charge in [0.05, 0.1) is 0 Å². The highest BCUT2D eigenvalue weighted by Gasteiger charge is 2.00. The highest BCUT2D eigenvalue weighted by molar-refractivity contribution is 6.31. The van der Waals surface area contributed by atoms with Crippen molar-refractivity contribution in [1.82, 2.24) is 5.43 Å². The first-order valence-corrected chi connectivity index (χ1v) is 6.72. The van der Waals surface area contributed by atoms with Crippen molar-refractivity contribution in [2.24, 2.45) is 5.84 Å². The molecular formula is C16H15ClN2O2. The van der Waals surface area contributed by atoms with E-state index in [2.05, 4.69) is 0 Å². The summed E-state index contributed by atoms with van der Waals surface area (Å²) in [7, 11) is 0. The monoisotopic (exact) mass is 302 g/mol. The Bertz CT molecular complexity index is 639. The third-order valence-corrected chi connectivity index (χ3v) is 3.17. The first-order valence-electron chi connectivity index (χ1n) is 6.34. The average Bonchev–Trinajstić information content (AvgIpc) is 2.53. The average molecular weight is 303 g/mol. The summed E-state index contributed by atoms with van der Waals surface area (Å²) in [6.07, 6.45) is 3.03. The summed E-state index contributed by atoms with van der Waals surface area (Å²) in [4.78, 5) is 11.0. The van der Waals surface area contributed by atoms with Gasteiger partial charge in [-0.2, -0.15) is 0 Å². The molecule has 0 heterocycles. The number of hydrogen-bond donors (Lipinski definition) is 2. The minimum Gasteiger partial charge on any atom is -0.489 e. The molecule has 0 aliphatic rings. The number of halogens is 1. The van der Waals surface area contributed by atoms with Crippen molar-refractivity contribution in [2.75, 3.05) is 0 Å². The predicted molar refractivity (Wildman–Crippen MR) is 83.6 cm³/mol. The molecule has 0 aliphatic carbocycles. The van der Waals surface area contributed by atoms with E-state index in [0.717, 1.165) is 16.9 Å². The van der Waals surface area contributed by atoms with Crippen LogP contribution in [0, 0.1) is 0 Å². The maximum atomic E-state index is 11.0. The number of carbonyl (C=O) groups is 1. The molecule has 2 aromatic carbocycles. The first kappa shape index (κ1) is 15.1. The number of hydrogen-bond acceptors (Lipinski definition) is 3. The Morgan fingerprint density at radius 3 is 2.57 bits per heavy atom. The van der Waals surface area contributed by atoms with Crippen LogP contribution in [-0.2, 0) is 11.4 Å². The predicted octanol–water partition coefficient (Wildman–Crippen LogP) is 2.92. The molecular weight excluding hydrogens is 288 g/mol. The topological polar surface area (TPSA) is 64.3 Å². The van der Waals surface area contributed by atoms with E-state index in [0.29, 0.717) is 11.6 Å². The van der Waals surface area contributed by atoms with Gasteiger partial charge in [0.25, 0.3) is 5.91 Å². The number of nitrogens with one attached hydrogen (secondary N) is 1. The Kier molecular flexibility index (Phi) is 5.37. The standard InChI is InChI=1S/C16H15ClN2O2/c17-15-4-2-1-3-13(15)11-21-14-8-5-12(6-9-14)7-10-16(20)19-18/h1-10H,11,18H2,(H,19,20)/b10-7+. The summed E-state index contributed by atoms with van der Waals surface area (Å²) in [5.74, 6) is 5.36. The molecule has 2 rings (SSSR count). The molecule has 0 fully saturated rings. The van der Waals surface area contributed by atoms with Gasteiger partial charge in [-0.1, -0.05) is 41.9 Å². The van der Waals surface area contributed by atoms with Gasteiger partial charge in [0.2, 0.25) is 0 Å². The van der Waals surface area contributed by atoms with Gasteiger partial charge in [-0.15, -0.1) is 0 Å². The van der Waals surface area contributed by atoms with Gasteiger partial charge >= 0.3 is 0 Å². The van der Waals surface area contributed by atoms with Crippen LogP contribution in [0.2, 0.25) is 5.02 Å². The summed E-state index contributed by atoms with van der Waals surface area (Å²) in [5.41, 5.74) is 3.84. The minimum atomic E-state index is -0.353. The molecule has 0 aliphatic heterocycles. The number of hydrazine groups is 1. The Morgan fingerprint density at radius 1 is 1.19 bits per heavy atom. The lowest BCUT2D eigenvalue weighted by atomic mass is 10.2. The molecule has 3 N–H and O–H groups in total. The second-order valence-corrected chi connectivity index (χ2v) is 4.70. The van der Waals surface area contributed by atoms with Crippen LogP contribution >= 0.6 is 11.6 Å². The fourth-order valence-electron chi connectivity index (χ4n) is 1.67. The van der Waals surface area contributed by atoms with E-state index in [1.807, 2.05) is 54.0 Å². The fourth-order valence-corrected chi connectivity index (χ4v) is 1.86. The van der Waals surface area contributed by atoms with Gasteiger partial charge in [-0.3, -0.25) is 10.2 Å². The van der Waals surface area contributed by atoms with Gasteiger partial charge in [-0.05, 0) is 29.8 Å². The lowest BCUT2D eigenvalue weighted by Gasteiger charge is -2.07. The van der Waals surface area contributed by atoms with Gasteiger partial charge in [0.1, 0.15) is 12.4 Å². The highest BCUT2D eigenvalue weighted by atomic mass is 35.5. The Morgan fingerprint density at radius 2 is 1.90 bits per heavy atom. The molecule has 0 aromatic heterocycles. The Balaban J connectivity index is 1.95. The first-order chi connectivity index (χ1) is 10.2. The van der Waals surface area contributed by atoms with Crippen molar-refractivity contribution in [2.45, 2.75) is 6.61 Å². The largest absolute Gasteiger partial charge is 0.489 e. The van der Waals surface area contributed by atoms with Crippen molar-refractivity contribution in [3.63, 3.8) is 0 Å². The molecule has 0 atom stereocenters. The van der Waals surface area contributed by atoms with Crippen LogP contribution in [0.3, 0.4) is 0 Å². The van der Waals surface area contributed by atoms with Crippen LogP contribution in [0.25, 0.3) is 6.08 Å². The molecule has 0 radical (unpaired) electrons. The number of nitrogens with two attached hydrogens (primary N) is 1. The summed E-state index contributed by atoms with van der Waals surface area (Å²) < 4.78 is 5.67. The molecule has 2 aromatic rings. The molecule has 4 nitrogen and oxygen atoms in total. The summed E-state index contributed by atoms with van der Waals surface area (Å²) in [6, 6.07) is 14.9. The molecule has 1 amide bonds. The highest BCUT2D eigenvalue weighted by Crippen LogP contribution is 2.19. The molecule has 0 unspecified atom stereocenters. The quantitative estimate of drug-likeness (QED) is 0.386. The Labute approximate surface area is 128 Å². The van der Waals surface area contributed by atoms with Gasteiger partial charge in [-0.25, -0.2) is 5.84 Å². The van der Waals surface area contributed by atoms with Crippen molar-refractivity contribution < 1.29 is 9.53 Å². The second kappa shape index (κ2) is 7.47. The third kappa shape index (κ3) is 4.63. The van der Waals surface area contributed by atoms with Crippen LogP contribution in [0.15, 0.2) is 54.6 Å². The van der Waals surface area contributed by atoms with E-state index >= 15 is 0 Å². The molecule has 0 spiro atoms. The van der Waals surface area contributed by atoms with Crippen molar-refractivity contribution in [3.8, 4) is 5.75 Å². The second-order valence-electron chi connectivity index (χ2n) is 4.29. The van der Waals surface area contributed by atoms with E-state index in [1.54, 1.807) is 6.08 Å². The van der Waals surface area contributed by atoms with Crippen LogP contribution in [0.4, 0.5) is 0 Å². The summed E-state index contributed by atoms with van der Waals surface area (Å²) >= 11 is 6.06. The van der Waals surface area contributed by atoms with Crippen molar-refractivity contribution in [1.29, 1.82) is 0 Å². The number of benzene rings is 2. The zero-order valence-electron chi connectivity index (χ0n) is 11.3. The summed E-state index contributed by atoms with van der Waals surface area (Å²) in [5, 5.41) is 0.685. The number of amides is 1. The van der Waals surface area contributed by atoms with Gasteiger partial charge < -0.3 is 4.74 Å². The van der Waals surface area contributed by atoms with Crippen LogP contribution < -0.4 is 16.0 Å². The minimum absolute atomic E-state index is 0.353. The molecule has 0 saturated heterocycles. The van der Waals surface area contributed by atoms with Crippen LogP contribution in [-0.4, -0.2) is 5.91 Å². The molecule has 108 valence electrons. The van der Waals surface area contributed by atoms with E-state index in [-0.39, 0.29) is 5.91 Å². The van der Waals surface area contributed by atoms with E-state index in [4.69, 9.17) is 22.2 Å². The maximum Gasteiger partial charge on any atom is 0.257 e. The van der Waals surface area contributed by atoms with Gasteiger partial charge in [0, 0.05) is 16.7 Å². The molecule has 0 bridgehead atoms. The normalized spacial score (nSPS) is 10.6. The lowest BCUT2D eigenvalue weighted by Crippen LogP contribution is -2.27. The van der Waals surface area contributed by atoms with Gasteiger partial charge in [0.15, 0.2) is 0 Å². The molecule has 21 heavy (non-hydrogen) atoms. The Hall–Kier alpha value is -2.30. The smallest absolute Gasteiger partial charge is 0.257 e. The maximum absolute atomic E-state index is 11.0. The zero-order chi connectivity index (χ0) is 15.1.